The van der Waals surface area contributed by atoms with E-state index >= 15 is 0 Å². The van der Waals surface area contributed by atoms with E-state index < -0.39 is 6.09 Å². The highest BCUT2D eigenvalue weighted by Gasteiger charge is 2.25. The van der Waals surface area contributed by atoms with Crippen molar-refractivity contribution >= 4 is 35.0 Å². The molecule has 172 valence electrons. The first-order valence-corrected chi connectivity index (χ1v) is 11.6. The van der Waals surface area contributed by atoms with Gasteiger partial charge in [-0.3, -0.25) is 9.52 Å². The van der Waals surface area contributed by atoms with Gasteiger partial charge in [-0.05, 0) is 41.8 Å². The zero-order valence-corrected chi connectivity index (χ0v) is 18.9. The average molecular weight is 475 g/mol. The molecule has 0 spiro atoms. The van der Waals surface area contributed by atoms with Gasteiger partial charge in [-0.15, -0.1) is 0 Å². The van der Waals surface area contributed by atoms with Crippen LogP contribution in [0.15, 0.2) is 78.0 Å². The summed E-state index contributed by atoms with van der Waals surface area (Å²) in [6, 6.07) is 18.3. The first-order chi connectivity index (χ1) is 16.7. The lowest BCUT2D eigenvalue weighted by Gasteiger charge is -2.26. The van der Waals surface area contributed by atoms with Gasteiger partial charge in [-0.2, -0.15) is 0 Å². The number of carbonyl (C=O) groups excluding carboxylic acids is 2. The Labute approximate surface area is 200 Å². The van der Waals surface area contributed by atoms with Crippen molar-refractivity contribution in [1.82, 2.24) is 20.0 Å². The number of fused-ring (bicyclic) bond motifs is 2. The van der Waals surface area contributed by atoms with Crippen LogP contribution in [0.1, 0.15) is 33.9 Å². The molecular weight excluding hydrogens is 452 g/mol. The van der Waals surface area contributed by atoms with E-state index in [4.69, 9.17) is 9.47 Å². The Morgan fingerprint density at radius 3 is 2.91 bits per heavy atom. The van der Waals surface area contributed by atoms with E-state index in [1.165, 1.54) is 11.9 Å². The van der Waals surface area contributed by atoms with Gasteiger partial charge in [0.1, 0.15) is 18.0 Å². The highest BCUT2D eigenvalue weighted by Crippen LogP contribution is 2.33. The SMILES string of the molecule is O=C(N[C@H]1CCOc2cc(C(=O)NSc3ccnc4[nH]ccc34)ccc21)OCc1ccccc1. The summed E-state index contributed by atoms with van der Waals surface area (Å²) in [4.78, 5) is 33.3. The maximum absolute atomic E-state index is 12.8. The van der Waals surface area contributed by atoms with Crippen LogP contribution in [0, 0.1) is 0 Å². The summed E-state index contributed by atoms with van der Waals surface area (Å²) in [6.07, 6.45) is 3.63. The number of carbonyl (C=O) groups is 2. The van der Waals surface area contributed by atoms with Gasteiger partial charge in [0.2, 0.25) is 0 Å². The molecule has 0 saturated carbocycles. The number of benzene rings is 2. The molecule has 0 fully saturated rings. The molecule has 3 heterocycles. The van der Waals surface area contributed by atoms with E-state index in [0.29, 0.717) is 24.3 Å². The summed E-state index contributed by atoms with van der Waals surface area (Å²) in [5.74, 6) is 0.337. The quantitative estimate of drug-likeness (QED) is 0.348. The minimum Gasteiger partial charge on any atom is -0.493 e. The van der Waals surface area contributed by atoms with Crippen LogP contribution in [0.4, 0.5) is 4.79 Å². The Kier molecular flexibility index (Phi) is 6.35. The Balaban J connectivity index is 1.21. The van der Waals surface area contributed by atoms with Gasteiger partial charge in [0.15, 0.2) is 0 Å². The summed E-state index contributed by atoms with van der Waals surface area (Å²) in [6.45, 7) is 0.630. The number of hydrogen-bond donors (Lipinski definition) is 3. The van der Waals surface area contributed by atoms with Crippen LogP contribution in [0.3, 0.4) is 0 Å². The average Bonchev–Trinajstić information content (AvgIpc) is 3.36. The first-order valence-electron chi connectivity index (χ1n) is 10.8. The Hall–Kier alpha value is -3.98. The van der Waals surface area contributed by atoms with Crippen molar-refractivity contribution in [3.05, 3.63) is 89.7 Å². The molecule has 2 aromatic heterocycles. The highest BCUT2D eigenvalue weighted by molar-refractivity contribution is 7.98. The second-order valence-corrected chi connectivity index (χ2v) is 8.58. The molecule has 4 aromatic rings. The molecule has 0 saturated heterocycles. The van der Waals surface area contributed by atoms with Crippen LogP contribution in [0.2, 0.25) is 0 Å². The lowest BCUT2D eigenvalue weighted by Crippen LogP contribution is -2.32. The van der Waals surface area contributed by atoms with E-state index in [2.05, 4.69) is 20.0 Å². The van der Waals surface area contributed by atoms with Gasteiger partial charge in [-0.25, -0.2) is 9.78 Å². The zero-order chi connectivity index (χ0) is 23.3. The number of pyridine rings is 1. The van der Waals surface area contributed by atoms with Crippen LogP contribution in [0.25, 0.3) is 11.0 Å². The van der Waals surface area contributed by atoms with Crippen LogP contribution < -0.4 is 14.8 Å². The van der Waals surface area contributed by atoms with E-state index in [9.17, 15) is 9.59 Å². The lowest BCUT2D eigenvalue weighted by atomic mass is 9.99. The molecule has 1 aliphatic heterocycles. The maximum atomic E-state index is 12.8. The van der Waals surface area contributed by atoms with Gasteiger partial charge in [-0.1, -0.05) is 36.4 Å². The third-order valence-corrected chi connectivity index (χ3v) is 6.36. The fraction of sp³-hybridized carbons (Fsp3) is 0.160. The number of rotatable bonds is 6. The standard InChI is InChI=1S/C25H22N4O4S/c30-24(29-34-22-9-12-27-23-19(22)8-11-26-23)17-6-7-18-20(10-13-32-21(18)14-17)28-25(31)33-15-16-4-2-1-3-5-16/h1-9,11-12,14,20H,10,13,15H2,(H,26,27)(H,28,31)(H,29,30)/t20-/m0/s1. The normalized spacial score (nSPS) is 14.6. The molecule has 0 radical (unpaired) electrons. The van der Waals surface area contributed by atoms with Crippen molar-refractivity contribution in [1.29, 1.82) is 0 Å². The predicted molar refractivity (Wildman–Crippen MR) is 128 cm³/mol. The third-order valence-electron chi connectivity index (χ3n) is 5.49. The Morgan fingerprint density at radius 2 is 2.03 bits per heavy atom. The van der Waals surface area contributed by atoms with Gasteiger partial charge < -0.3 is 19.8 Å². The Morgan fingerprint density at radius 1 is 1.15 bits per heavy atom. The van der Waals surface area contributed by atoms with Crippen molar-refractivity contribution in [2.24, 2.45) is 0 Å². The fourth-order valence-electron chi connectivity index (χ4n) is 3.77. The number of hydrogen-bond acceptors (Lipinski definition) is 6. The van der Waals surface area contributed by atoms with E-state index in [1.54, 1.807) is 18.3 Å². The molecule has 3 N–H and O–H groups in total. The predicted octanol–water partition coefficient (Wildman–Crippen LogP) is 4.75. The summed E-state index contributed by atoms with van der Waals surface area (Å²) < 4.78 is 14.0. The number of aromatic amines is 1. The minimum absolute atomic E-state index is 0.200. The molecule has 0 bridgehead atoms. The largest absolute Gasteiger partial charge is 0.493 e. The van der Waals surface area contributed by atoms with Gasteiger partial charge in [0.25, 0.3) is 5.91 Å². The van der Waals surface area contributed by atoms with Crippen molar-refractivity contribution in [3.63, 3.8) is 0 Å². The molecule has 8 nitrogen and oxygen atoms in total. The van der Waals surface area contributed by atoms with E-state index in [1.807, 2.05) is 54.7 Å². The Bertz CT molecular complexity index is 1330. The first kappa shape index (κ1) is 21.8. The molecule has 1 atom stereocenters. The topological polar surface area (TPSA) is 105 Å². The van der Waals surface area contributed by atoms with Crippen molar-refractivity contribution in [3.8, 4) is 5.75 Å². The minimum atomic E-state index is -0.492. The monoisotopic (exact) mass is 474 g/mol. The van der Waals surface area contributed by atoms with E-state index in [-0.39, 0.29) is 18.6 Å². The number of amides is 2. The smallest absolute Gasteiger partial charge is 0.407 e. The van der Waals surface area contributed by atoms with Crippen LogP contribution in [-0.2, 0) is 11.3 Å². The highest BCUT2D eigenvalue weighted by atomic mass is 32.2. The molecule has 2 amide bonds. The van der Waals surface area contributed by atoms with Crippen molar-refractivity contribution in [2.75, 3.05) is 6.61 Å². The van der Waals surface area contributed by atoms with Gasteiger partial charge >= 0.3 is 6.09 Å². The molecule has 9 heteroatoms. The second kappa shape index (κ2) is 9.88. The molecule has 2 aromatic carbocycles. The number of nitrogens with one attached hydrogen (secondary N) is 3. The third kappa shape index (κ3) is 4.84. The summed E-state index contributed by atoms with van der Waals surface area (Å²) in [5, 5.41) is 3.84. The fourth-order valence-corrected chi connectivity index (χ4v) is 4.50. The van der Waals surface area contributed by atoms with Crippen molar-refractivity contribution < 1.29 is 19.1 Å². The molecule has 1 aliphatic rings. The zero-order valence-electron chi connectivity index (χ0n) is 18.1. The summed E-state index contributed by atoms with van der Waals surface area (Å²) >= 11 is 1.23. The summed E-state index contributed by atoms with van der Waals surface area (Å²) in [7, 11) is 0. The van der Waals surface area contributed by atoms with Crippen molar-refractivity contribution in [2.45, 2.75) is 24.0 Å². The number of aromatic nitrogens is 2. The molecular formula is C25H22N4O4S. The number of nitrogens with zero attached hydrogens (tertiary/aromatic N) is 1. The maximum Gasteiger partial charge on any atom is 0.407 e. The van der Waals surface area contributed by atoms with Crippen LogP contribution >= 0.6 is 11.9 Å². The van der Waals surface area contributed by atoms with Gasteiger partial charge in [0, 0.05) is 40.2 Å². The summed E-state index contributed by atoms with van der Waals surface area (Å²) in [5.41, 5.74) is 2.97. The van der Waals surface area contributed by atoms with Gasteiger partial charge in [0.05, 0.1) is 12.6 Å². The molecule has 0 aliphatic carbocycles. The van der Waals surface area contributed by atoms with Crippen LogP contribution in [0.5, 0.6) is 5.75 Å². The van der Waals surface area contributed by atoms with Crippen LogP contribution in [-0.4, -0.2) is 28.6 Å². The van der Waals surface area contributed by atoms with E-state index in [0.717, 1.165) is 27.1 Å². The number of ether oxygens (including phenoxy) is 2. The number of alkyl carbamates (subject to hydrolysis) is 1. The second-order valence-electron chi connectivity index (χ2n) is 7.73. The number of H-pyrrole nitrogens is 1. The molecule has 0 unspecified atom stereocenters. The molecule has 5 rings (SSSR count). The molecule has 34 heavy (non-hydrogen) atoms. The lowest BCUT2D eigenvalue weighted by molar-refractivity contribution is 0.0983.